The van der Waals surface area contributed by atoms with Gasteiger partial charge in [0.05, 0.1) is 7.11 Å². The highest BCUT2D eigenvalue weighted by atomic mass is 16.5. The Balaban J connectivity index is 2.07. The molecule has 1 aromatic rings. The zero-order chi connectivity index (χ0) is 17.7. The van der Waals surface area contributed by atoms with Crippen molar-refractivity contribution in [2.45, 2.75) is 46.5 Å². The summed E-state index contributed by atoms with van der Waals surface area (Å²) >= 11 is 0. The number of carbonyl (C=O) groups is 1. The van der Waals surface area contributed by atoms with Crippen LogP contribution in [0.15, 0.2) is 35.4 Å². The zero-order valence-electron chi connectivity index (χ0n) is 15.0. The molecular formula is C20H26N2O2. The van der Waals surface area contributed by atoms with E-state index in [1.54, 1.807) is 31.4 Å². The normalized spacial score (nSPS) is 17.8. The van der Waals surface area contributed by atoms with Gasteiger partial charge in [0.2, 0.25) is 0 Å². The van der Waals surface area contributed by atoms with E-state index in [1.165, 1.54) is 0 Å². The van der Waals surface area contributed by atoms with Gasteiger partial charge >= 0.3 is 0 Å². The van der Waals surface area contributed by atoms with Crippen molar-refractivity contribution < 1.29 is 9.53 Å². The van der Waals surface area contributed by atoms with Crippen LogP contribution >= 0.6 is 0 Å². The van der Waals surface area contributed by atoms with Gasteiger partial charge in [0.1, 0.15) is 17.4 Å². The molecule has 1 N–H and O–H groups in total. The fourth-order valence-corrected chi connectivity index (χ4v) is 3.24. The van der Waals surface area contributed by atoms with E-state index in [0.29, 0.717) is 11.6 Å². The van der Waals surface area contributed by atoms with Crippen LogP contribution in [0.5, 0.6) is 5.75 Å². The molecule has 0 unspecified atom stereocenters. The maximum absolute atomic E-state index is 12.5. The lowest BCUT2D eigenvalue weighted by Gasteiger charge is -2.35. The standard InChI is InChI=1S/C20H26N2O2/c1-20(2,3)15-7-5-14(6-8-15)18(13-21)19(23)22-16-9-11-17(24-4)12-10-16/h9-12,15H,5-8H2,1-4H3,(H,22,23). The zero-order valence-corrected chi connectivity index (χ0v) is 15.0. The summed E-state index contributed by atoms with van der Waals surface area (Å²) in [6, 6.07) is 9.21. The SMILES string of the molecule is COc1ccc(NC(=O)C(C#N)=C2CCC(C(C)(C)C)CC2)cc1. The third-order valence-electron chi connectivity index (χ3n) is 4.85. The molecular weight excluding hydrogens is 300 g/mol. The third-order valence-corrected chi connectivity index (χ3v) is 4.85. The Morgan fingerprint density at radius 1 is 1.21 bits per heavy atom. The number of methoxy groups -OCH3 is 1. The van der Waals surface area contributed by atoms with Crippen LogP contribution in [0, 0.1) is 22.7 Å². The summed E-state index contributed by atoms with van der Waals surface area (Å²) in [4.78, 5) is 12.5. The average molecular weight is 326 g/mol. The minimum atomic E-state index is -0.313. The summed E-state index contributed by atoms with van der Waals surface area (Å²) in [5, 5.41) is 12.3. The maximum Gasteiger partial charge on any atom is 0.266 e. The Hall–Kier alpha value is -2.28. The summed E-state index contributed by atoms with van der Waals surface area (Å²) in [6.45, 7) is 6.77. The number of benzene rings is 1. The minimum Gasteiger partial charge on any atom is -0.497 e. The number of anilines is 1. The maximum atomic E-state index is 12.5. The second-order valence-corrected chi connectivity index (χ2v) is 7.41. The minimum absolute atomic E-state index is 0.276. The first-order chi connectivity index (χ1) is 11.3. The van der Waals surface area contributed by atoms with Gasteiger partial charge < -0.3 is 10.1 Å². The van der Waals surface area contributed by atoms with Gasteiger partial charge in [-0.3, -0.25) is 4.79 Å². The molecule has 1 aromatic carbocycles. The smallest absolute Gasteiger partial charge is 0.266 e. The molecule has 0 atom stereocenters. The van der Waals surface area contributed by atoms with Gasteiger partial charge in [-0.25, -0.2) is 0 Å². The highest BCUT2D eigenvalue weighted by Crippen LogP contribution is 2.40. The lowest BCUT2D eigenvalue weighted by Crippen LogP contribution is -2.25. The van der Waals surface area contributed by atoms with Gasteiger partial charge in [-0.05, 0) is 66.9 Å². The average Bonchev–Trinajstić information content (AvgIpc) is 2.56. The molecule has 1 aliphatic carbocycles. The van der Waals surface area contributed by atoms with E-state index in [4.69, 9.17) is 4.74 Å². The monoisotopic (exact) mass is 326 g/mol. The molecule has 0 radical (unpaired) electrons. The Kier molecular flexibility index (Phi) is 5.66. The van der Waals surface area contributed by atoms with Gasteiger partial charge in [-0.15, -0.1) is 0 Å². The van der Waals surface area contributed by atoms with Crippen molar-refractivity contribution in [3.05, 3.63) is 35.4 Å². The van der Waals surface area contributed by atoms with E-state index in [0.717, 1.165) is 37.0 Å². The van der Waals surface area contributed by atoms with E-state index in [2.05, 4.69) is 32.2 Å². The van der Waals surface area contributed by atoms with Crippen LogP contribution in [-0.2, 0) is 4.79 Å². The molecule has 0 heterocycles. The molecule has 1 fully saturated rings. The molecule has 2 rings (SSSR count). The van der Waals surface area contributed by atoms with Crippen LogP contribution < -0.4 is 10.1 Å². The van der Waals surface area contributed by atoms with Crippen molar-refractivity contribution in [2.24, 2.45) is 11.3 Å². The second kappa shape index (κ2) is 7.53. The van der Waals surface area contributed by atoms with E-state index in [-0.39, 0.29) is 16.9 Å². The van der Waals surface area contributed by atoms with Crippen LogP contribution in [0.1, 0.15) is 46.5 Å². The van der Waals surface area contributed by atoms with E-state index in [9.17, 15) is 10.1 Å². The highest BCUT2D eigenvalue weighted by Gasteiger charge is 2.29. The third kappa shape index (κ3) is 4.38. The number of carbonyl (C=O) groups excluding carboxylic acids is 1. The van der Waals surface area contributed by atoms with Crippen LogP contribution in [-0.4, -0.2) is 13.0 Å². The van der Waals surface area contributed by atoms with Gasteiger partial charge in [0.15, 0.2) is 0 Å². The van der Waals surface area contributed by atoms with Crippen molar-refractivity contribution in [3.63, 3.8) is 0 Å². The quantitative estimate of drug-likeness (QED) is 0.647. The summed E-state index contributed by atoms with van der Waals surface area (Å²) in [7, 11) is 1.60. The number of nitriles is 1. The molecule has 128 valence electrons. The van der Waals surface area contributed by atoms with Crippen LogP contribution in [0.2, 0.25) is 0 Å². The van der Waals surface area contributed by atoms with Crippen molar-refractivity contribution in [3.8, 4) is 11.8 Å². The number of hydrogen-bond donors (Lipinski definition) is 1. The molecule has 1 saturated carbocycles. The number of nitrogens with one attached hydrogen (secondary N) is 1. The summed E-state index contributed by atoms with van der Waals surface area (Å²) < 4.78 is 5.10. The van der Waals surface area contributed by atoms with Gasteiger partial charge in [-0.2, -0.15) is 5.26 Å². The topological polar surface area (TPSA) is 62.1 Å². The van der Waals surface area contributed by atoms with Crippen LogP contribution in [0.25, 0.3) is 0 Å². The van der Waals surface area contributed by atoms with Crippen molar-refractivity contribution in [2.75, 3.05) is 12.4 Å². The molecule has 0 aliphatic heterocycles. The predicted octanol–water partition coefficient (Wildman–Crippen LogP) is 4.69. The molecule has 24 heavy (non-hydrogen) atoms. The van der Waals surface area contributed by atoms with Gasteiger partial charge in [0, 0.05) is 5.69 Å². The van der Waals surface area contributed by atoms with E-state index >= 15 is 0 Å². The van der Waals surface area contributed by atoms with Crippen molar-refractivity contribution in [1.82, 2.24) is 0 Å². The van der Waals surface area contributed by atoms with Crippen LogP contribution in [0.4, 0.5) is 5.69 Å². The fourth-order valence-electron chi connectivity index (χ4n) is 3.24. The van der Waals surface area contributed by atoms with E-state index < -0.39 is 0 Å². The molecule has 4 heteroatoms. The highest BCUT2D eigenvalue weighted by molar-refractivity contribution is 6.07. The first-order valence-corrected chi connectivity index (χ1v) is 8.42. The first kappa shape index (κ1) is 18.1. The Labute approximate surface area is 144 Å². The number of nitrogens with zero attached hydrogens (tertiary/aromatic N) is 1. The number of hydrogen-bond acceptors (Lipinski definition) is 3. The van der Waals surface area contributed by atoms with Crippen molar-refractivity contribution in [1.29, 1.82) is 5.26 Å². The first-order valence-electron chi connectivity index (χ1n) is 8.42. The Bertz CT molecular complexity index is 650. The molecule has 0 saturated heterocycles. The molecule has 4 nitrogen and oxygen atoms in total. The summed E-state index contributed by atoms with van der Waals surface area (Å²) in [5.41, 5.74) is 2.21. The van der Waals surface area contributed by atoms with E-state index in [1.807, 2.05) is 0 Å². The number of amides is 1. The number of allylic oxidation sites excluding steroid dienone is 1. The van der Waals surface area contributed by atoms with Gasteiger partial charge in [-0.1, -0.05) is 20.8 Å². The fraction of sp³-hybridized carbons (Fsp3) is 0.500. The summed E-state index contributed by atoms with van der Waals surface area (Å²) in [6.07, 6.45) is 3.75. The second-order valence-electron chi connectivity index (χ2n) is 7.41. The summed E-state index contributed by atoms with van der Waals surface area (Å²) in [5.74, 6) is 1.06. The molecule has 0 spiro atoms. The molecule has 1 aliphatic rings. The van der Waals surface area contributed by atoms with Crippen molar-refractivity contribution >= 4 is 11.6 Å². The largest absolute Gasteiger partial charge is 0.497 e. The lowest BCUT2D eigenvalue weighted by molar-refractivity contribution is -0.112. The molecule has 1 amide bonds. The predicted molar refractivity (Wildman–Crippen MR) is 95.7 cm³/mol. The Morgan fingerprint density at radius 3 is 2.25 bits per heavy atom. The number of ether oxygens (including phenoxy) is 1. The lowest BCUT2D eigenvalue weighted by atomic mass is 9.71. The molecule has 0 bridgehead atoms. The van der Waals surface area contributed by atoms with Crippen LogP contribution in [0.3, 0.4) is 0 Å². The number of rotatable bonds is 3. The molecule has 0 aromatic heterocycles. The Morgan fingerprint density at radius 2 is 1.79 bits per heavy atom. The van der Waals surface area contributed by atoms with Gasteiger partial charge in [0.25, 0.3) is 5.91 Å².